The second kappa shape index (κ2) is 9.64. The third-order valence-corrected chi connectivity index (χ3v) is 6.50. The molecule has 3 rings (SSSR count). The van der Waals surface area contributed by atoms with E-state index in [2.05, 4.69) is 15.0 Å². The minimum atomic E-state index is -0.414. The lowest BCUT2D eigenvalue weighted by atomic mass is 9.85. The van der Waals surface area contributed by atoms with Crippen LogP contribution in [0.2, 0.25) is 0 Å². The number of hydrogen-bond acceptors (Lipinski definition) is 5. The zero-order valence-electron chi connectivity index (χ0n) is 16.2. The minimum Gasteiger partial charge on any atom is -0.381 e. The van der Waals surface area contributed by atoms with Crippen LogP contribution in [-0.4, -0.2) is 41.5 Å². The fraction of sp³-hybridized carbons (Fsp3) is 0.750. The van der Waals surface area contributed by atoms with E-state index in [4.69, 9.17) is 4.74 Å². The second-order valence-corrected chi connectivity index (χ2v) is 9.00. The monoisotopic (exact) mass is 393 g/mol. The highest BCUT2D eigenvalue weighted by atomic mass is 32.1. The van der Waals surface area contributed by atoms with Crippen molar-refractivity contribution in [3.63, 3.8) is 0 Å². The van der Waals surface area contributed by atoms with Gasteiger partial charge in [-0.05, 0) is 49.7 Å². The predicted octanol–water partition coefficient (Wildman–Crippen LogP) is 3.21. The van der Waals surface area contributed by atoms with Gasteiger partial charge in [0.25, 0.3) is 5.91 Å². The minimum absolute atomic E-state index is 0.0984. The van der Waals surface area contributed by atoms with Crippen molar-refractivity contribution < 1.29 is 14.3 Å². The summed E-state index contributed by atoms with van der Waals surface area (Å²) in [5, 5.41) is 6.20. The standard InChI is InChI=1S/C20H31N3O3S/c1-15-13-17(23-27-15)19(25)21-14-20(9-11-26-12-10-20)22-18(24)8-7-16-5-3-2-4-6-16/h13,16H,2-12,14H2,1H3,(H,21,25)(H,22,24). The highest BCUT2D eigenvalue weighted by Gasteiger charge is 2.34. The van der Waals surface area contributed by atoms with Gasteiger partial charge in [-0.2, -0.15) is 4.37 Å². The molecule has 6 nitrogen and oxygen atoms in total. The number of aryl methyl sites for hydroxylation is 1. The highest BCUT2D eigenvalue weighted by Crippen LogP contribution is 2.27. The maximum atomic E-state index is 12.6. The van der Waals surface area contributed by atoms with Crippen molar-refractivity contribution in [3.05, 3.63) is 16.6 Å². The zero-order valence-corrected chi connectivity index (χ0v) is 17.0. The number of carbonyl (C=O) groups excluding carboxylic acids is 2. The van der Waals surface area contributed by atoms with Gasteiger partial charge in [0, 0.05) is 31.1 Å². The van der Waals surface area contributed by atoms with Crippen LogP contribution in [0.3, 0.4) is 0 Å². The SMILES string of the molecule is Cc1cc(C(=O)NCC2(NC(=O)CCC3CCCCC3)CCOCC2)ns1. The molecule has 2 heterocycles. The molecule has 7 heteroatoms. The Morgan fingerprint density at radius 2 is 2.00 bits per heavy atom. The summed E-state index contributed by atoms with van der Waals surface area (Å²) in [6.07, 6.45) is 9.45. The Labute approximate surface area is 165 Å². The summed E-state index contributed by atoms with van der Waals surface area (Å²) in [7, 11) is 0. The molecule has 1 saturated carbocycles. The number of nitrogens with zero attached hydrogens (tertiary/aromatic N) is 1. The Morgan fingerprint density at radius 1 is 1.26 bits per heavy atom. The summed E-state index contributed by atoms with van der Waals surface area (Å²) in [6.45, 7) is 3.56. The molecule has 0 unspecified atom stereocenters. The van der Waals surface area contributed by atoms with Gasteiger partial charge in [-0.25, -0.2) is 0 Å². The molecule has 2 fully saturated rings. The molecule has 2 N–H and O–H groups in total. The summed E-state index contributed by atoms with van der Waals surface area (Å²) >= 11 is 1.32. The van der Waals surface area contributed by atoms with Gasteiger partial charge >= 0.3 is 0 Å². The molecule has 0 atom stereocenters. The predicted molar refractivity (Wildman–Crippen MR) is 106 cm³/mol. The molecular formula is C20H31N3O3S. The van der Waals surface area contributed by atoms with Crippen molar-refractivity contribution in [1.29, 1.82) is 0 Å². The topological polar surface area (TPSA) is 80.3 Å². The van der Waals surface area contributed by atoms with Crippen LogP contribution < -0.4 is 10.6 Å². The van der Waals surface area contributed by atoms with Crippen molar-refractivity contribution in [3.8, 4) is 0 Å². The average molecular weight is 394 g/mol. The van der Waals surface area contributed by atoms with Crippen molar-refractivity contribution in [2.45, 2.75) is 70.3 Å². The van der Waals surface area contributed by atoms with E-state index in [-0.39, 0.29) is 11.8 Å². The highest BCUT2D eigenvalue weighted by molar-refractivity contribution is 7.05. The molecule has 1 saturated heterocycles. The molecule has 1 aromatic rings. The summed E-state index contributed by atoms with van der Waals surface area (Å²) in [6, 6.07) is 1.79. The fourth-order valence-electron chi connectivity index (χ4n) is 4.09. The zero-order chi connectivity index (χ0) is 19.1. The normalized spacial score (nSPS) is 20.2. The number of amides is 2. The van der Waals surface area contributed by atoms with E-state index < -0.39 is 5.54 Å². The lowest BCUT2D eigenvalue weighted by Crippen LogP contribution is -2.58. The lowest BCUT2D eigenvalue weighted by molar-refractivity contribution is -0.124. The van der Waals surface area contributed by atoms with Crippen LogP contribution in [0.4, 0.5) is 0 Å². The summed E-state index contributed by atoms with van der Waals surface area (Å²) in [5.41, 5.74) is 0.0335. The number of rotatable bonds is 7. The van der Waals surface area contributed by atoms with E-state index in [9.17, 15) is 9.59 Å². The quantitative estimate of drug-likeness (QED) is 0.745. The average Bonchev–Trinajstić information content (AvgIpc) is 3.13. The van der Waals surface area contributed by atoms with Gasteiger partial charge in [-0.15, -0.1) is 0 Å². The maximum Gasteiger partial charge on any atom is 0.271 e. The first-order chi connectivity index (χ1) is 13.1. The molecule has 0 bridgehead atoms. The molecule has 0 radical (unpaired) electrons. The summed E-state index contributed by atoms with van der Waals surface area (Å²) in [4.78, 5) is 26.0. The summed E-state index contributed by atoms with van der Waals surface area (Å²) in [5.74, 6) is 0.616. The molecule has 1 aliphatic carbocycles. The number of carbonyl (C=O) groups is 2. The maximum absolute atomic E-state index is 12.6. The number of hydrogen-bond donors (Lipinski definition) is 2. The molecular weight excluding hydrogens is 362 g/mol. The van der Waals surface area contributed by atoms with Gasteiger partial charge in [0.05, 0.1) is 5.54 Å². The molecule has 2 aliphatic rings. The molecule has 27 heavy (non-hydrogen) atoms. The second-order valence-electron chi connectivity index (χ2n) is 7.99. The van der Waals surface area contributed by atoms with E-state index in [1.807, 2.05) is 6.92 Å². The first kappa shape index (κ1) is 20.3. The fourth-order valence-corrected chi connectivity index (χ4v) is 4.63. The Hall–Kier alpha value is -1.47. The number of aromatic nitrogens is 1. The van der Waals surface area contributed by atoms with Crippen molar-refractivity contribution in [1.82, 2.24) is 15.0 Å². The van der Waals surface area contributed by atoms with Crippen LogP contribution in [0.1, 0.15) is 73.2 Å². The van der Waals surface area contributed by atoms with Gasteiger partial charge in [0.15, 0.2) is 0 Å². The van der Waals surface area contributed by atoms with E-state index in [1.165, 1.54) is 43.6 Å². The van der Waals surface area contributed by atoms with Gasteiger partial charge in [-0.1, -0.05) is 32.1 Å². The van der Waals surface area contributed by atoms with Crippen LogP contribution in [-0.2, 0) is 9.53 Å². The van der Waals surface area contributed by atoms with Crippen LogP contribution in [0.25, 0.3) is 0 Å². The van der Waals surface area contributed by atoms with Crippen molar-refractivity contribution in [2.75, 3.05) is 19.8 Å². The Bertz CT molecular complexity index is 634. The molecule has 2 amide bonds. The van der Waals surface area contributed by atoms with E-state index in [1.54, 1.807) is 6.07 Å². The first-order valence-electron chi connectivity index (χ1n) is 10.2. The van der Waals surface area contributed by atoms with Gasteiger partial charge in [0.1, 0.15) is 5.69 Å². The first-order valence-corrected chi connectivity index (χ1v) is 10.9. The number of ether oxygens (including phenoxy) is 1. The van der Waals surface area contributed by atoms with Crippen molar-refractivity contribution in [2.24, 2.45) is 5.92 Å². The van der Waals surface area contributed by atoms with Crippen LogP contribution >= 0.6 is 11.5 Å². The largest absolute Gasteiger partial charge is 0.381 e. The van der Waals surface area contributed by atoms with Gasteiger partial charge < -0.3 is 15.4 Å². The van der Waals surface area contributed by atoms with Crippen molar-refractivity contribution >= 4 is 23.3 Å². The van der Waals surface area contributed by atoms with Gasteiger partial charge in [-0.3, -0.25) is 9.59 Å². The lowest BCUT2D eigenvalue weighted by Gasteiger charge is -2.38. The third kappa shape index (κ3) is 6.01. The smallest absolute Gasteiger partial charge is 0.271 e. The molecule has 150 valence electrons. The van der Waals surface area contributed by atoms with E-state index in [0.29, 0.717) is 37.8 Å². The van der Waals surface area contributed by atoms with Crippen LogP contribution in [0, 0.1) is 12.8 Å². The molecule has 1 aliphatic heterocycles. The van der Waals surface area contributed by atoms with Crippen LogP contribution in [0.15, 0.2) is 6.07 Å². The molecule has 1 aromatic heterocycles. The third-order valence-electron chi connectivity index (χ3n) is 5.81. The number of nitrogens with one attached hydrogen (secondary N) is 2. The Morgan fingerprint density at radius 3 is 2.67 bits per heavy atom. The van der Waals surface area contributed by atoms with E-state index in [0.717, 1.165) is 24.1 Å². The molecule has 0 spiro atoms. The van der Waals surface area contributed by atoms with Gasteiger partial charge in [0.2, 0.25) is 5.91 Å². The molecule has 0 aromatic carbocycles. The Balaban J connectivity index is 1.52. The van der Waals surface area contributed by atoms with E-state index >= 15 is 0 Å². The summed E-state index contributed by atoms with van der Waals surface area (Å²) < 4.78 is 9.64. The Kier molecular flexibility index (Phi) is 7.24. The van der Waals surface area contributed by atoms with Crippen LogP contribution in [0.5, 0.6) is 0 Å².